The number of rotatable bonds is 16. The lowest BCUT2D eigenvalue weighted by Crippen LogP contribution is -2.52. The second-order valence-corrected chi connectivity index (χ2v) is 6.53. The predicted octanol–water partition coefficient (Wildman–Crippen LogP) is 5.05. The second-order valence-electron chi connectivity index (χ2n) is 6.53. The van der Waals surface area contributed by atoms with E-state index in [1.165, 1.54) is 32.1 Å². The van der Waals surface area contributed by atoms with Crippen LogP contribution in [-0.2, 0) is 20.6 Å². The number of benzene rings is 1. The van der Waals surface area contributed by atoms with Gasteiger partial charge in [0.1, 0.15) is 5.75 Å². The van der Waals surface area contributed by atoms with Crippen LogP contribution in [0, 0.1) is 0 Å². The molecule has 0 saturated carbocycles. The lowest BCUT2D eigenvalue weighted by Gasteiger charge is -2.34. The third-order valence-electron chi connectivity index (χ3n) is 4.32. The predicted molar refractivity (Wildman–Crippen MR) is 108 cm³/mol. The summed E-state index contributed by atoms with van der Waals surface area (Å²) in [4.78, 5) is 0. The van der Waals surface area contributed by atoms with Gasteiger partial charge in [-0.15, -0.1) is 0 Å². The molecule has 0 fully saturated rings. The van der Waals surface area contributed by atoms with Gasteiger partial charge in [0.2, 0.25) is 0 Å². The maximum Gasteiger partial charge on any atom is 0.347 e. The van der Waals surface area contributed by atoms with Crippen molar-refractivity contribution in [2.24, 2.45) is 0 Å². The highest BCUT2D eigenvalue weighted by Gasteiger charge is 2.42. The van der Waals surface area contributed by atoms with Crippen LogP contribution in [-0.4, -0.2) is 37.2 Å². The highest BCUT2D eigenvalue weighted by molar-refractivity contribution is 5.33. The fourth-order valence-corrected chi connectivity index (χ4v) is 2.99. The van der Waals surface area contributed by atoms with Gasteiger partial charge >= 0.3 is 5.97 Å². The smallest absolute Gasteiger partial charge is 0.347 e. The Bertz CT molecular complexity index is 485. The molecule has 27 heavy (non-hydrogen) atoms. The van der Waals surface area contributed by atoms with Crippen molar-refractivity contribution in [2.75, 3.05) is 19.8 Å². The second kappa shape index (κ2) is 13.9. The van der Waals surface area contributed by atoms with E-state index < -0.39 is 12.3 Å². The summed E-state index contributed by atoms with van der Waals surface area (Å²) in [5, 5.41) is 10.8. The molecule has 1 rings (SSSR count). The first kappa shape index (κ1) is 23.9. The first-order chi connectivity index (χ1) is 13.1. The normalized spacial score (nSPS) is 12.9. The molecular formula is C22H38O5. The zero-order valence-corrected chi connectivity index (χ0v) is 17.5. The van der Waals surface area contributed by atoms with Crippen molar-refractivity contribution in [3.8, 4) is 5.75 Å². The first-order valence-corrected chi connectivity index (χ1v) is 10.5. The van der Waals surface area contributed by atoms with Gasteiger partial charge in [-0.1, -0.05) is 57.2 Å². The Balaban J connectivity index is 2.78. The summed E-state index contributed by atoms with van der Waals surface area (Å²) in [6, 6.07) is 7.89. The molecule has 0 aromatic heterocycles. The van der Waals surface area contributed by atoms with Crippen molar-refractivity contribution < 1.29 is 24.1 Å². The summed E-state index contributed by atoms with van der Waals surface area (Å²) >= 11 is 0. The molecule has 5 nitrogen and oxygen atoms in total. The van der Waals surface area contributed by atoms with Gasteiger partial charge in [0, 0.05) is 19.8 Å². The Kier molecular flexibility index (Phi) is 12.3. The van der Waals surface area contributed by atoms with Crippen LogP contribution in [0.5, 0.6) is 5.75 Å². The fourth-order valence-electron chi connectivity index (χ4n) is 2.99. The monoisotopic (exact) mass is 382 g/mol. The number of aliphatic hydroxyl groups is 1. The minimum Gasteiger partial charge on any atom is -0.456 e. The summed E-state index contributed by atoms with van der Waals surface area (Å²) in [5.41, 5.74) is 1.10. The lowest BCUT2D eigenvalue weighted by atomic mass is 10.0. The van der Waals surface area contributed by atoms with E-state index in [2.05, 4.69) is 13.0 Å². The third-order valence-corrected chi connectivity index (χ3v) is 4.32. The SMILES string of the molecule is CCCCCCCCc1ccccc1OC(OCC)C(O)(OCC)OCC. The zero-order valence-electron chi connectivity index (χ0n) is 17.5. The van der Waals surface area contributed by atoms with Gasteiger partial charge in [-0.3, -0.25) is 0 Å². The van der Waals surface area contributed by atoms with Crippen LogP contribution in [0.2, 0.25) is 0 Å². The van der Waals surface area contributed by atoms with E-state index in [9.17, 15) is 5.11 Å². The molecule has 0 bridgehead atoms. The number of para-hydroxylation sites is 1. The van der Waals surface area contributed by atoms with Crippen LogP contribution in [0.1, 0.15) is 71.8 Å². The molecule has 1 aromatic rings. The van der Waals surface area contributed by atoms with Crippen LogP contribution in [0.15, 0.2) is 24.3 Å². The molecule has 156 valence electrons. The van der Waals surface area contributed by atoms with Gasteiger partial charge in [0.15, 0.2) is 0 Å². The average molecular weight is 383 g/mol. The largest absolute Gasteiger partial charge is 0.456 e. The number of hydrogen-bond acceptors (Lipinski definition) is 5. The van der Waals surface area contributed by atoms with Crippen molar-refractivity contribution in [3.63, 3.8) is 0 Å². The first-order valence-electron chi connectivity index (χ1n) is 10.5. The minimum atomic E-state index is -1.94. The number of ether oxygens (including phenoxy) is 4. The minimum absolute atomic E-state index is 0.281. The molecule has 1 atom stereocenters. The molecule has 1 aromatic carbocycles. The Morgan fingerprint density at radius 3 is 2.11 bits per heavy atom. The number of unbranched alkanes of at least 4 members (excludes halogenated alkanes) is 5. The Morgan fingerprint density at radius 1 is 0.852 bits per heavy atom. The summed E-state index contributed by atoms with van der Waals surface area (Å²) in [7, 11) is 0. The quantitative estimate of drug-likeness (QED) is 0.320. The van der Waals surface area contributed by atoms with Crippen molar-refractivity contribution in [1.82, 2.24) is 0 Å². The van der Waals surface area contributed by atoms with Gasteiger partial charge in [0.05, 0.1) is 0 Å². The van der Waals surface area contributed by atoms with E-state index in [1.807, 2.05) is 25.1 Å². The van der Waals surface area contributed by atoms with Crippen molar-refractivity contribution in [2.45, 2.75) is 84.9 Å². The molecule has 1 unspecified atom stereocenters. The Hall–Kier alpha value is -1.14. The fraction of sp³-hybridized carbons (Fsp3) is 0.727. The molecular weight excluding hydrogens is 344 g/mol. The van der Waals surface area contributed by atoms with E-state index in [-0.39, 0.29) is 13.2 Å². The van der Waals surface area contributed by atoms with E-state index in [0.717, 1.165) is 18.4 Å². The summed E-state index contributed by atoms with van der Waals surface area (Å²) in [6.07, 6.45) is 7.34. The van der Waals surface area contributed by atoms with Gasteiger partial charge in [-0.25, -0.2) is 0 Å². The van der Waals surface area contributed by atoms with Crippen LogP contribution in [0.4, 0.5) is 0 Å². The number of aryl methyl sites for hydroxylation is 1. The highest BCUT2D eigenvalue weighted by Crippen LogP contribution is 2.27. The van der Waals surface area contributed by atoms with Crippen LogP contribution >= 0.6 is 0 Å². The molecule has 0 aliphatic heterocycles. The van der Waals surface area contributed by atoms with E-state index in [0.29, 0.717) is 12.4 Å². The molecule has 0 amide bonds. The third kappa shape index (κ3) is 8.60. The molecule has 0 aliphatic rings. The van der Waals surface area contributed by atoms with Gasteiger partial charge < -0.3 is 24.1 Å². The molecule has 0 heterocycles. The Morgan fingerprint density at radius 2 is 1.48 bits per heavy atom. The van der Waals surface area contributed by atoms with Gasteiger partial charge in [0.25, 0.3) is 6.29 Å². The van der Waals surface area contributed by atoms with E-state index in [4.69, 9.17) is 18.9 Å². The summed E-state index contributed by atoms with van der Waals surface area (Å²) in [6.45, 7) is 8.59. The highest BCUT2D eigenvalue weighted by atomic mass is 16.9. The molecule has 0 spiro atoms. The van der Waals surface area contributed by atoms with Crippen LogP contribution in [0.3, 0.4) is 0 Å². The van der Waals surface area contributed by atoms with Crippen molar-refractivity contribution in [1.29, 1.82) is 0 Å². The zero-order chi connectivity index (χ0) is 20.0. The molecule has 0 radical (unpaired) electrons. The van der Waals surface area contributed by atoms with E-state index in [1.54, 1.807) is 13.8 Å². The Labute approximate surface area is 165 Å². The van der Waals surface area contributed by atoms with Gasteiger partial charge in [-0.05, 0) is 45.2 Å². The van der Waals surface area contributed by atoms with Gasteiger partial charge in [-0.2, -0.15) is 0 Å². The van der Waals surface area contributed by atoms with Crippen LogP contribution < -0.4 is 4.74 Å². The average Bonchev–Trinajstić information content (AvgIpc) is 2.65. The summed E-state index contributed by atoms with van der Waals surface area (Å²) in [5.74, 6) is -1.24. The standard InChI is InChI=1S/C22H38O5/c1-5-9-10-11-12-13-16-19-17-14-15-18-20(19)27-21(24-6-2)22(23,25-7-3)26-8-4/h14-15,17-18,21,23H,5-13,16H2,1-4H3. The lowest BCUT2D eigenvalue weighted by molar-refractivity contribution is -0.428. The maximum atomic E-state index is 10.8. The van der Waals surface area contributed by atoms with E-state index >= 15 is 0 Å². The molecule has 0 aliphatic carbocycles. The van der Waals surface area contributed by atoms with Crippen molar-refractivity contribution in [3.05, 3.63) is 29.8 Å². The molecule has 1 N–H and O–H groups in total. The maximum absolute atomic E-state index is 10.8. The molecule has 5 heteroatoms. The van der Waals surface area contributed by atoms with Crippen molar-refractivity contribution >= 4 is 0 Å². The number of hydrogen-bond donors (Lipinski definition) is 1. The topological polar surface area (TPSA) is 57.2 Å². The molecule has 0 saturated heterocycles. The summed E-state index contributed by atoms with van der Waals surface area (Å²) < 4.78 is 22.5. The van der Waals surface area contributed by atoms with Crippen LogP contribution in [0.25, 0.3) is 0 Å².